The molecule has 1 atom stereocenters. The molecule has 0 heterocycles. The summed E-state index contributed by atoms with van der Waals surface area (Å²) in [4.78, 5) is 3.44. The monoisotopic (exact) mass is 408 g/mol. The highest BCUT2D eigenvalue weighted by molar-refractivity contribution is 5.67. The minimum atomic E-state index is -1.25. The molecule has 30 heavy (non-hydrogen) atoms. The summed E-state index contributed by atoms with van der Waals surface area (Å²) in [6.07, 6.45) is 2.32. The highest BCUT2D eigenvalue weighted by Crippen LogP contribution is 2.30. The number of nitrogens with zero attached hydrogens (tertiary/aromatic N) is 2. The number of anilines is 2. The van der Waals surface area contributed by atoms with Crippen LogP contribution < -0.4 is 9.80 Å². The van der Waals surface area contributed by atoms with Crippen molar-refractivity contribution >= 4 is 17.5 Å². The van der Waals surface area contributed by atoms with Gasteiger partial charge >= 0.3 is 0 Å². The number of halogens is 2. The summed E-state index contributed by atoms with van der Waals surface area (Å²) in [5.74, 6) is -0.940. The van der Waals surface area contributed by atoms with E-state index in [1.54, 1.807) is 37.4 Å². The van der Waals surface area contributed by atoms with Gasteiger partial charge in [0, 0.05) is 38.1 Å². The van der Waals surface area contributed by atoms with Gasteiger partial charge in [-0.05, 0) is 60.0 Å². The van der Waals surface area contributed by atoms with Gasteiger partial charge in [-0.25, -0.2) is 8.78 Å². The summed E-state index contributed by atoms with van der Waals surface area (Å²) in [7, 11) is 5.52. The summed E-state index contributed by atoms with van der Waals surface area (Å²) >= 11 is 0. The van der Waals surface area contributed by atoms with Crippen molar-refractivity contribution in [3.63, 3.8) is 0 Å². The second-order valence-electron chi connectivity index (χ2n) is 7.40. The van der Waals surface area contributed by atoms with Crippen LogP contribution in [0.4, 0.5) is 20.2 Å². The van der Waals surface area contributed by atoms with Crippen LogP contribution in [0.5, 0.6) is 0 Å². The van der Waals surface area contributed by atoms with Gasteiger partial charge in [-0.1, -0.05) is 36.4 Å². The zero-order valence-corrected chi connectivity index (χ0v) is 17.6. The molecular weight excluding hydrogens is 382 g/mol. The Morgan fingerprint density at radius 3 is 2.10 bits per heavy atom. The number of rotatable bonds is 6. The van der Waals surface area contributed by atoms with Crippen LogP contribution in [0.1, 0.15) is 24.3 Å². The maximum atomic E-state index is 14.9. The smallest absolute Gasteiger partial charge is 0.155 e. The van der Waals surface area contributed by atoms with E-state index in [9.17, 15) is 13.9 Å². The highest BCUT2D eigenvalue weighted by atomic mass is 19.1. The van der Waals surface area contributed by atoms with Gasteiger partial charge in [0.05, 0.1) is 0 Å². The molecule has 156 valence electrons. The Kier molecular flexibility index (Phi) is 6.53. The molecule has 0 fully saturated rings. The van der Waals surface area contributed by atoms with Crippen molar-refractivity contribution in [3.05, 3.63) is 89.5 Å². The van der Waals surface area contributed by atoms with Crippen molar-refractivity contribution in [2.24, 2.45) is 0 Å². The van der Waals surface area contributed by atoms with Crippen LogP contribution in [0.2, 0.25) is 0 Å². The fourth-order valence-corrected chi connectivity index (χ4v) is 3.31. The second kappa shape index (κ2) is 9.09. The average Bonchev–Trinajstić information content (AvgIpc) is 2.72. The summed E-state index contributed by atoms with van der Waals surface area (Å²) in [5.41, 5.74) is 3.91. The number of hydrogen-bond donors (Lipinski definition) is 1. The molecule has 3 aromatic carbocycles. The third-order valence-corrected chi connectivity index (χ3v) is 5.03. The molecule has 0 bridgehead atoms. The van der Waals surface area contributed by atoms with Crippen LogP contribution >= 0.6 is 0 Å². The molecule has 0 radical (unpaired) electrons. The Morgan fingerprint density at radius 1 is 0.833 bits per heavy atom. The van der Waals surface area contributed by atoms with E-state index in [1.807, 2.05) is 50.2 Å². The van der Waals surface area contributed by atoms with Gasteiger partial charge < -0.3 is 14.9 Å². The normalized spacial score (nSPS) is 12.2. The van der Waals surface area contributed by atoms with Crippen molar-refractivity contribution in [1.29, 1.82) is 0 Å². The Balaban J connectivity index is 1.87. The van der Waals surface area contributed by atoms with Crippen molar-refractivity contribution in [2.45, 2.75) is 13.2 Å². The van der Waals surface area contributed by atoms with Crippen LogP contribution in [0.15, 0.2) is 66.7 Å². The molecule has 0 amide bonds. The second-order valence-corrected chi connectivity index (χ2v) is 7.40. The van der Waals surface area contributed by atoms with Crippen LogP contribution in [0, 0.1) is 11.6 Å². The van der Waals surface area contributed by atoms with Crippen molar-refractivity contribution in [2.75, 3.05) is 30.9 Å². The van der Waals surface area contributed by atoms with Crippen LogP contribution in [-0.4, -0.2) is 26.2 Å². The Labute approximate surface area is 176 Å². The molecule has 0 aliphatic carbocycles. The maximum absolute atomic E-state index is 14.9. The third-order valence-electron chi connectivity index (χ3n) is 5.03. The van der Waals surface area contributed by atoms with E-state index >= 15 is 0 Å². The molecule has 0 saturated heterocycles. The van der Waals surface area contributed by atoms with E-state index in [4.69, 9.17) is 0 Å². The predicted octanol–water partition coefficient (Wildman–Crippen LogP) is 5.86. The van der Waals surface area contributed by atoms with Gasteiger partial charge in [0.1, 0.15) is 11.6 Å². The molecule has 0 aliphatic heterocycles. The minimum Gasteiger partial charge on any atom is -0.378 e. The molecule has 1 unspecified atom stereocenters. The largest absolute Gasteiger partial charge is 0.378 e. The first kappa shape index (κ1) is 21.5. The molecular formula is C25H26F2N2O. The molecule has 3 aromatic rings. The highest BCUT2D eigenvalue weighted by Gasteiger charge is 2.19. The van der Waals surface area contributed by atoms with Crippen LogP contribution in [-0.2, 0) is 0 Å². The van der Waals surface area contributed by atoms with Crippen molar-refractivity contribution < 1.29 is 13.9 Å². The lowest BCUT2D eigenvalue weighted by atomic mass is 10.0. The molecule has 3 rings (SSSR count). The average molecular weight is 408 g/mol. The summed E-state index contributed by atoms with van der Waals surface area (Å²) in [6, 6.07) is 17.0. The zero-order chi connectivity index (χ0) is 21.8. The van der Waals surface area contributed by atoms with Crippen molar-refractivity contribution in [3.8, 4) is 11.1 Å². The quantitative estimate of drug-likeness (QED) is 0.518. The van der Waals surface area contributed by atoms with Crippen molar-refractivity contribution in [1.82, 2.24) is 0 Å². The van der Waals surface area contributed by atoms with E-state index < -0.39 is 17.9 Å². The number of aliphatic hydroxyl groups is 1. The zero-order valence-electron chi connectivity index (χ0n) is 17.6. The first-order valence-electron chi connectivity index (χ1n) is 9.71. The van der Waals surface area contributed by atoms with Gasteiger partial charge in [-0.2, -0.15) is 0 Å². The molecule has 0 saturated carbocycles. The number of benzene rings is 3. The fourth-order valence-electron chi connectivity index (χ4n) is 3.31. The van der Waals surface area contributed by atoms with Gasteiger partial charge in [0.25, 0.3) is 0 Å². The standard InChI is InChI=1S/C25H26F2N2O/c1-5-6-17-13-20(26)16-22(14-17)29(4)25(30)23-12-9-19(15-24(23)27)18-7-10-21(11-8-18)28(2)3/h5-16,25,30H,1-4H3/b6-5+. The van der Waals surface area contributed by atoms with E-state index in [0.717, 1.165) is 16.8 Å². The third kappa shape index (κ3) is 4.69. The number of allylic oxidation sites excluding steroid dienone is 1. The van der Waals surface area contributed by atoms with Crippen LogP contribution in [0.3, 0.4) is 0 Å². The Morgan fingerprint density at radius 2 is 1.50 bits per heavy atom. The first-order chi connectivity index (χ1) is 14.3. The molecule has 0 aromatic heterocycles. The number of aliphatic hydroxyl groups excluding tert-OH is 1. The first-order valence-corrected chi connectivity index (χ1v) is 9.71. The maximum Gasteiger partial charge on any atom is 0.155 e. The van der Waals surface area contributed by atoms with E-state index in [1.165, 1.54) is 23.1 Å². The SMILES string of the molecule is C/C=C/c1cc(F)cc(N(C)C(O)c2ccc(-c3ccc(N(C)C)cc3)cc2F)c1. The van der Waals surface area contributed by atoms with Gasteiger partial charge in [0.2, 0.25) is 0 Å². The fraction of sp³-hybridized carbons (Fsp3) is 0.200. The van der Waals surface area contributed by atoms with Gasteiger partial charge in [-0.3, -0.25) is 0 Å². The molecule has 3 nitrogen and oxygen atoms in total. The van der Waals surface area contributed by atoms with E-state index in [-0.39, 0.29) is 5.56 Å². The van der Waals surface area contributed by atoms with Crippen LogP contribution in [0.25, 0.3) is 17.2 Å². The van der Waals surface area contributed by atoms with Gasteiger partial charge in [-0.15, -0.1) is 0 Å². The Bertz CT molecular complexity index is 1050. The molecule has 5 heteroatoms. The lowest BCUT2D eigenvalue weighted by Crippen LogP contribution is -2.24. The Hall–Kier alpha value is -3.18. The predicted molar refractivity (Wildman–Crippen MR) is 121 cm³/mol. The minimum absolute atomic E-state index is 0.128. The lowest BCUT2D eigenvalue weighted by molar-refractivity contribution is 0.173. The molecule has 1 N–H and O–H groups in total. The number of hydrogen-bond acceptors (Lipinski definition) is 3. The van der Waals surface area contributed by atoms with E-state index in [0.29, 0.717) is 11.3 Å². The van der Waals surface area contributed by atoms with Gasteiger partial charge in [0.15, 0.2) is 6.23 Å². The van der Waals surface area contributed by atoms with E-state index in [2.05, 4.69) is 0 Å². The lowest BCUT2D eigenvalue weighted by Gasteiger charge is -2.27. The summed E-state index contributed by atoms with van der Waals surface area (Å²) < 4.78 is 28.8. The summed E-state index contributed by atoms with van der Waals surface area (Å²) in [5, 5.41) is 10.7. The molecule has 0 aliphatic rings. The topological polar surface area (TPSA) is 26.7 Å². The summed E-state index contributed by atoms with van der Waals surface area (Å²) in [6.45, 7) is 1.84. The molecule has 0 spiro atoms.